The minimum absolute atomic E-state index is 0.120. The van der Waals surface area contributed by atoms with Crippen LogP contribution in [0.25, 0.3) is 0 Å². The molecule has 0 aromatic carbocycles. The van der Waals surface area contributed by atoms with Gasteiger partial charge in [-0.25, -0.2) is 13.1 Å². The molecule has 2 fully saturated rings. The fourth-order valence-electron chi connectivity index (χ4n) is 2.45. The van der Waals surface area contributed by atoms with Crippen molar-refractivity contribution in [2.24, 2.45) is 0 Å². The molecule has 6 heteroatoms. The van der Waals surface area contributed by atoms with Crippen molar-refractivity contribution in [1.29, 1.82) is 0 Å². The average Bonchev–Trinajstić information content (AvgIpc) is 2.99. The van der Waals surface area contributed by atoms with Crippen molar-refractivity contribution in [2.75, 3.05) is 25.4 Å². The first-order valence-corrected chi connectivity index (χ1v) is 8.59. The summed E-state index contributed by atoms with van der Waals surface area (Å²) in [5.74, 6) is 0.172. The van der Waals surface area contributed by atoms with E-state index in [2.05, 4.69) is 14.9 Å². The zero-order valence-electron chi connectivity index (χ0n) is 11.4. The highest BCUT2D eigenvalue weighted by Gasteiger charge is 2.35. The Morgan fingerprint density at radius 3 is 2.61 bits per heavy atom. The molecular weight excluding hydrogens is 250 g/mol. The van der Waals surface area contributed by atoms with E-state index in [0.717, 1.165) is 25.6 Å². The highest BCUT2D eigenvalue weighted by molar-refractivity contribution is 7.89. The minimum atomic E-state index is -3.13. The molecule has 0 bridgehead atoms. The largest absolute Gasteiger partial charge is 0.313 e. The molecule has 0 amide bonds. The summed E-state index contributed by atoms with van der Waals surface area (Å²) in [6.45, 7) is 6.49. The Kier molecular flexibility index (Phi) is 4.64. The molecule has 1 heterocycles. The summed E-state index contributed by atoms with van der Waals surface area (Å²) in [6.07, 6.45) is 3.53. The number of hydrogen-bond acceptors (Lipinski definition) is 4. The van der Waals surface area contributed by atoms with Gasteiger partial charge in [-0.1, -0.05) is 13.8 Å². The van der Waals surface area contributed by atoms with Gasteiger partial charge < -0.3 is 5.32 Å². The number of rotatable bonds is 7. The Morgan fingerprint density at radius 1 is 1.28 bits per heavy atom. The van der Waals surface area contributed by atoms with Crippen LogP contribution >= 0.6 is 0 Å². The normalized spacial score (nSPS) is 26.1. The van der Waals surface area contributed by atoms with Crippen molar-refractivity contribution in [1.82, 2.24) is 14.9 Å². The average molecular weight is 275 g/mol. The highest BCUT2D eigenvalue weighted by Crippen LogP contribution is 2.29. The monoisotopic (exact) mass is 275 g/mol. The molecule has 2 aliphatic rings. The van der Waals surface area contributed by atoms with Crippen LogP contribution in [0, 0.1) is 0 Å². The molecular formula is C12H25N3O2S. The van der Waals surface area contributed by atoms with Crippen molar-refractivity contribution >= 4 is 10.0 Å². The van der Waals surface area contributed by atoms with Crippen LogP contribution in [0.4, 0.5) is 0 Å². The molecule has 106 valence electrons. The maximum Gasteiger partial charge on any atom is 0.213 e. The number of sulfonamides is 1. The molecule has 2 N–H and O–H groups in total. The lowest BCUT2D eigenvalue weighted by molar-refractivity contribution is 0.322. The Hall–Kier alpha value is -0.170. The smallest absolute Gasteiger partial charge is 0.213 e. The van der Waals surface area contributed by atoms with Crippen molar-refractivity contribution in [3.8, 4) is 0 Å². The van der Waals surface area contributed by atoms with Gasteiger partial charge in [0.1, 0.15) is 0 Å². The van der Waals surface area contributed by atoms with Crippen LogP contribution < -0.4 is 10.0 Å². The topological polar surface area (TPSA) is 61.4 Å². The molecule has 18 heavy (non-hydrogen) atoms. The number of hydrogen-bond donors (Lipinski definition) is 2. The van der Waals surface area contributed by atoms with Crippen LogP contribution in [0.15, 0.2) is 0 Å². The second-order valence-electron chi connectivity index (χ2n) is 5.76. The lowest BCUT2D eigenvalue weighted by Gasteiger charge is -2.16. The number of nitrogens with zero attached hydrogens (tertiary/aromatic N) is 1. The van der Waals surface area contributed by atoms with Crippen LogP contribution in [-0.2, 0) is 10.0 Å². The van der Waals surface area contributed by atoms with Crippen LogP contribution in [0.5, 0.6) is 0 Å². The van der Waals surface area contributed by atoms with Crippen molar-refractivity contribution in [2.45, 2.75) is 51.2 Å². The van der Waals surface area contributed by atoms with E-state index in [1.165, 1.54) is 12.8 Å². The zero-order chi connectivity index (χ0) is 13.2. The minimum Gasteiger partial charge on any atom is -0.313 e. The summed E-state index contributed by atoms with van der Waals surface area (Å²) in [5.41, 5.74) is 0. The standard InChI is InChI=1S/C12H25N3O2S/c1-10(2)13-6-8-18(16,17)14-11-5-7-15(9-11)12-3-4-12/h10-14H,3-9H2,1-2H3. The van der Waals surface area contributed by atoms with Crippen LogP contribution in [0.1, 0.15) is 33.1 Å². The maximum atomic E-state index is 11.9. The van der Waals surface area contributed by atoms with E-state index in [1.54, 1.807) is 0 Å². The molecule has 0 aromatic heterocycles. The lowest BCUT2D eigenvalue weighted by Crippen LogP contribution is -2.41. The van der Waals surface area contributed by atoms with Gasteiger partial charge in [0.05, 0.1) is 5.75 Å². The Labute approximate surface area is 110 Å². The molecule has 1 saturated carbocycles. The van der Waals surface area contributed by atoms with Gasteiger partial charge in [0.25, 0.3) is 0 Å². The molecule has 2 rings (SSSR count). The third kappa shape index (κ3) is 4.50. The molecule has 1 saturated heterocycles. The van der Waals surface area contributed by atoms with Gasteiger partial charge in [-0.15, -0.1) is 0 Å². The summed E-state index contributed by atoms with van der Waals surface area (Å²) in [7, 11) is -3.13. The third-order valence-electron chi connectivity index (χ3n) is 3.55. The highest BCUT2D eigenvalue weighted by atomic mass is 32.2. The molecule has 1 atom stereocenters. The van der Waals surface area contributed by atoms with E-state index in [4.69, 9.17) is 0 Å². The van der Waals surface area contributed by atoms with Gasteiger partial charge in [-0.3, -0.25) is 4.90 Å². The first-order valence-electron chi connectivity index (χ1n) is 6.94. The predicted octanol–water partition coefficient (Wildman–Crippen LogP) is 0.141. The van der Waals surface area contributed by atoms with Gasteiger partial charge in [0, 0.05) is 37.8 Å². The lowest BCUT2D eigenvalue weighted by atomic mass is 10.3. The first kappa shape index (κ1) is 14.2. The predicted molar refractivity (Wildman–Crippen MR) is 73.1 cm³/mol. The molecule has 5 nitrogen and oxygen atoms in total. The summed E-state index contributed by atoms with van der Waals surface area (Å²) in [6, 6.07) is 1.19. The summed E-state index contributed by atoms with van der Waals surface area (Å²) in [5, 5.41) is 3.13. The Morgan fingerprint density at radius 2 is 2.00 bits per heavy atom. The fraction of sp³-hybridized carbons (Fsp3) is 1.00. The number of likely N-dealkylation sites (tertiary alicyclic amines) is 1. The van der Waals surface area contributed by atoms with E-state index >= 15 is 0 Å². The van der Waals surface area contributed by atoms with Crippen LogP contribution in [0.3, 0.4) is 0 Å². The maximum absolute atomic E-state index is 11.9. The fourth-order valence-corrected chi connectivity index (χ4v) is 3.65. The van der Waals surface area contributed by atoms with Gasteiger partial charge in [-0.05, 0) is 19.3 Å². The molecule has 0 radical (unpaired) electrons. The SMILES string of the molecule is CC(C)NCCS(=O)(=O)NC1CCN(C2CC2)C1. The van der Waals surface area contributed by atoms with Gasteiger partial charge in [-0.2, -0.15) is 0 Å². The molecule has 0 spiro atoms. The molecule has 1 aliphatic heterocycles. The van der Waals surface area contributed by atoms with E-state index in [-0.39, 0.29) is 11.8 Å². The molecule has 1 aliphatic carbocycles. The van der Waals surface area contributed by atoms with Crippen LogP contribution in [0.2, 0.25) is 0 Å². The van der Waals surface area contributed by atoms with E-state index in [0.29, 0.717) is 12.6 Å². The molecule has 1 unspecified atom stereocenters. The van der Waals surface area contributed by atoms with Crippen molar-refractivity contribution < 1.29 is 8.42 Å². The Bertz CT molecular complexity index is 366. The van der Waals surface area contributed by atoms with Crippen molar-refractivity contribution in [3.63, 3.8) is 0 Å². The van der Waals surface area contributed by atoms with Gasteiger partial charge in [0.15, 0.2) is 0 Å². The third-order valence-corrected chi connectivity index (χ3v) is 4.99. The summed E-state index contributed by atoms with van der Waals surface area (Å²) in [4.78, 5) is 2.42. The second-order valence-corrected chi connectivity index (χ2v) is 7.63. The first-order chi connectivity index (χ1) is 8.46. The number of nitrogens with one attached hydrogen (secondary N) is 2. The quantitative estimate of drug-likeness (QED) is 0.694. The van der Waals surface area contributed by atoms with E-state index in [1.807, 2.05) is 13.8 Å². The zero-order valence-corrected chi connectivity index (χ0v) is 12.2. The molecule has 0 aromatic rings. The van der Waals surface area contributed by atoms with Gasteiger partial charge in [0.2, 0.25) is 10.0 Å². The summed E-state index contributed by atoms with van der Waals surface area (Å²) >= 11 is 0. The van der Waals surface area contributed by atoms with E-state index < -0.39 is 10.0 Å². The Balaban J connectivity index is 1.71. The van der Waals surface area contributed by atoms with Crippen LogP contribution in [-0.4, -0.2) is 56.8 Å². The second kappa shape index (κ2) is 5.86. The van der Waals surface area contributed by atoms with Gasteiger partial charge >= 0.3 is 0 Å². The van der Waals surface area contributed by atoms with Crippen molar-refractivity contribution in [3.05, 3.63) is 0 Å². The van der Waals surface area contributed by atoms with E-state index in [9.17, 15) is 8.42 Å². The summed E-state index contributed by atoms with van der Waals surface area (Å²) < 4.78 is 26.6.